The van der Waals surface area contributed by atoms with Gasteiger partial charge in [0.2, 0.25) is 0 Å². The van der Waals surface area contributed by atoms with E-state index in [1.807, 2.05) is 6.92 Å². The van der Waals surface area contributed by atoms with E-state index in [0.29, 0.717) is 0 Å². The van der Waals surface area contributed by atoms with Crippen LogP contribution >= 0.6 is 0 Å². The maximum absolute atomic E-state index is 10.1. The Morgan fingerprint density at radius 3 is 1.81 bits per heavy atom. The fourth-order valence-corrected chi connectivity index (χ4v) is 2.76. The summed E-state index contributed by atoms with van der Waals surface area (Å²) in [7, 11) is 0. The van der Waals surface area contributed by atoms with Crippen molar-refractivity contribution in [3.63, 3.8) is 0 Å². The van der Waals surface area contributed by atoms with E-state index in [4.69, 9.17) is 0 Å². The van der Waals surface area contributed by atoms with Gasteiger partial charge in [-0.05, 0) is 31.6 Å². The Hall–Kier alpha value is -0.0400. The number of rotatable bonds is 10. The predicted molar refractivity (Wildman–Crippen MR) is 72.7 cm³/mol. The summed E-state index contributed by atoms with van der Waals surface area (Å²) in [6.45, 7) is 8.72. The molecule has 1 heteroatoms. The van der Waals surface area contributed by atoms with Crippen LogP contribution in [0.3, 0.4) is 0 Å². The molecular formula is C15H32O. The van der Waals surface area contributed by atoms with Gasteiger partial charge in [-0.15, -0.1) is 0 Å². The van der Waals surface area contributed by atoms with Crippen LogP contribution in [0.1, 0.15) is 85.5 Å². The summed E-state index contributed by atoms with van der Waals surface area (Å²) in [6.07, 6.45) is 11.0. The van der Waals surface area contributed by atoms with Crippen molar-refractivity contribution < 1.29 is 5.11 Å². The zero-order chi connectivity index (χ0) is 12.4. The Morgan fingerprint density at radius 2 is 1.38 bits per heavy atom. The van der Waals surface area contributed by atoms with Gasteiger partial charge in [0.25, 0.3) is 0 Å². The molecule has 0 amide bonds. The van der Waals surface area contributed by atoms with Crippen LogP contribution in [0.2, 0.25) is 0 Å². The summed E-state index contributed by atoms with van der Waals surface area (Å²) in [4.78, 5) is 0. The Morgan fingerprint density at radius 1 is 0.812 bits per heavy atom. The van der Waals surface area contributed by atoms with E-state index in [0.717, 1.165) is 0 Å². The Balaban J connectivity index is 4.38. The van der Waals surface area contributed by atoms with E-state index in [-0.39, 0.29) is 11.5 Å². The van der Waals surface area contributed by atoms with Gasteiger partial charge in [-0.25, -0.2) is 0 Å². The molecule has 0 spiro atoms. The van der Waals surface area contributed by atoms with Gasteiger partial charge >= 0.3 is 0 Å². The summed E-state index contributed by atoms with van der Waals surface area (Å²) >= 11 is 0. The molecule has 1 N–H and O–H groups in total. The van der Waals surface area contributed by atoms with Crippen LogP contribution in [-0.2, 0) is 0 Å². The number of unbranched alkanes of at least 4 members (excludes halogenated alkanes) is 3. The van der Waals surface area contributed by atoms with E-state index in [1.54, 1.807) is 0 Å². The Kier molecular flexibility index (Phi) is 9.02. The highest BCUT2D eigenvalue weighted by Gasteiger charge is 2.32. The second kappa shape index (κ2) is 9.04. The summed E-state index contributed by atoms with van der Waals surface area (Å²) in [5.41, 5.74) is 0.208. The smallest absolute Gasteiger partial charge is 0.0568 e. The standard InChI is InChI=1S/C15H32O/c1-5-8-10-13-15(11-7-3,14(4)16)12-9-6-2/h14,16H,5-13H2,1-4H3. The van der Waals surface area contributed by atoms with Crippen molar-refractivity contribution in [3.8, 4) is 0 Å². The van der Waals surface area contributed by atoms with Crippen LogP contribution in [0.4, 0.5) is 0 Å². The van der Waals surface area contributed by atoms with Crippen molar-refractivity contribution in [3.05, 3.63) is 0 Å². The minimum atomic E-state index is -0.143. The lowest BCUT2D eigenvalue weighted by Crippen LogP contribution is -2.33. The molecule has 0 saturated carbocycles. The largest absolute Gasteiger partial charge is 0.393 e. The second-order valence-electron chi connectivity index (χ2n) is 5.35. The molecule has 98 valence electrons. The molecule has 0 aliphatic rings. The average Bonchev–Trinajstić information content (AvgIpc) is 2.26. The lowest BCUT2D eigenvalue weighted by atomic mass is 9.71. The number of aliphatic hydroxyl groups is 1. The van der Waals surface area contributed by atoms with Gasteiger partial charge < -0.3 is 5.11 Å². The first kappa shape index (κ1) is 16.0. The third kappa shape index (κ3) is 5.34. The molecule has 0 aliphatic heterocycles. The fraction of sp³-hybridized carbons (Fsp3) is 1.00. The van der Waals surface area contributed by atoms with E-state index in [9.17, 15) is 5.11 Å². The van der Waals surface area contributed by atoms with Crippen LogP contribution in [0.5, 0.6) is 0 Å². The predicted octanol–water partition coefficient (Wildman–Crippen LogP) is 4.92. The van der Waals surface area contributed by atoms with E-state index in [1.165, 1.54) is 57.8 Å². The average molecular weight is 228 g/mol. The third-order valence-electron chi connectivity index (χ3n) is 3.94. The summed E-state index contributed by atoms with van der Waals surface area (Å²) < 4.78 is 0. The van der Waals surface area contributed by atoms with Gasteiger partial charge in [0.1, 0.15) is 0 Å². The first-order valence-corrected chi connectivity index (χ1v) is 7.31. The SMILES string of the molecule is CCCCCC(CCC)(CCCC)C(C)O. The molecule has 0 aromatic carbocycles. The topological polar surface area (TPSA) is 20.2 Å². The van der Waals surface area contributed by atoms with Crippen LogP contribution in [0.15, 0.2) is 0 Å². The quantitative estimate of drug-likeness (QED) is 0.526. The minimum Gasteiger partial charge on any atom is -0.393 e. The molecule has 0 rings (SSSR count). The Labute approximate surface area is 103 Å². The van der Waals surface area contributed by atoms with Crippen molar-refractivity contribution in [1.29, 1.82) is 0 Å². The molecule has 0 bridgehead atoms. The minimum absolute atomic E-state index is 0.143. The number of hydrogen-bond acceptors (Lipinski definition) is 1. The monoisotopic (exact) mass is 228 g/mol. The molecule has 0 radical (unpaired) electrons. The van der Waals surface area contributed by atoms with Crippen LogP contribution in [0, 0.1) is 5.41 Å². The van der Waals surface area contributed by atoms with Gasteiger partial charge in [-0.2, -0.15) is 0 Å². The molecule has 0 aromatic rings. The van der Waals surface area contributed by atoms with Crippen LogP contribution < -0.4 is 0 Å². The van der Waals surface area contributed by atoms with Crippen molar-refractivity contribution in [1.82, 2.24) is 0 Å². The molecule has 2 atom stereocenters. The molecule has 0 heterocycles. The first-order chi connectivity index (χ1) is 7.63. The summed E-state index contributed by atoms with van der Waals surface area (Å²) in [6, 6.07) is 0. The molecule has 2 unspecified atom stereocenters. The number of hydrogen-bond donors (Lipinski definition) is 1. The lowest BCUT2D eigenvalue weighted by Gasteiger charge is -2.37. The van der Waals surface area contributed by atoms with Gasteiger partial charge in [-0.3, -0.25) is 0 Å². The fourth-order valence-electron chi connectivity index (χ4n) is 2.76. The highest BCUT2D eigenvalue weighted by Crippen LogP contribution is 2.39. The highest BCUT2D eigenvalue weighted by atomic mass is 16.3. The van der Waals surface area contributed by atoms with Gasteiger partial charge in [0.05, 0.1) is 6.10 Å². The van der Waals surface area contributed by atoms with E-state index in [2.05, 4.69) is 20.8 Å². The van der Waals surface area contributed by atoms with E-state index >= 15 is 0 Å². The molecule has 16 heavy (non-hydrogen) atoms. The third-order valence-corrected chi connectivity index (χ3v) is 3.94. The molecule has 0 aromatic heterocycles. The van der Waals surface area contributed by atoms with Gasteiger partial charge in [0, 0.05) is 0 Å². The maximum atomic E-state index is 10.1. The molecule has 0 saturated heterocycles. The van der Waals surface area contributed by atoms with Crippen molar-refractivity contribution in [2.24, 2.45) is 5.41 Å². The molecular weight excluding hydrogens is 196 g/mol. The zero-order valence-corrected chi connectivity index (χ0v) is 11.9. The van der Waals surface area contributed by atoms with Gasteiger partial charge in [0.15, 0.2) is 0 Å². The van der Waals surface area contributed by atoms with Crippen LogP contribution in [0.25, 0.3) is 0 Å². The second-order valence-corrected chi connectivity index (χ2v) is 5.35. The lowest BCUT2D eigenvalue weighted by molar-refractivity contribution is 0.0128. The summed E-state index contributed by atoms with van der Waals surface area (Å²) in [5.74, 6) is 0. The maximum Gasteiger partial charge on any atom is 0.0568 e. The molecule has 0 fully saturated rings. The summed E-state index contributed by atoms with van der Waals surface area (Å²) in [5, 5.41) is 10.1. The van der Waals surface area contributed by atoms with Crippen molar-refractivity contribution in [2.45, 2.75) is 91.6 Å². The van der Waals surface area contributed by atoms with Crippen molar-refractivity contribution >= 4 is 0 Å². The zero-order valence-electron chi connectivity index (χ0n) is 11.9. The first-order valence-electron chi connectivity index (χ1n) is 7.31. The number of aliphatic hydroxyl groups excluding tert-OH is 1. The molecule has 0 aliphatic carbocycles. The normalized spacial score (nSPS) is 17.1. The van der Waals surface area contributed by atoms with Crippen LogP contribution in [-0.4, -0.2) is 11.2 Å². The Bertz CT molecular complexity index is 154. The highest BCUT2D eigenvalue weighted by molar-refractivity contribution is 4.84. The van der Waals surface area contributed by atoms with Gasteiger partial charge in [-0.1, -0.05) is 59.3 Å². The van der Waals surface area contributed by atoms with E-state index < -0.39 is 0 Å². The molecule has 1 nitrogen and oxygen atoms in total. The van der Waals surface area contributed by atoms with Crippen molar-refractivity contribution in [2.75, 3.05) is 0 Å².